The van der Waals surface area contributed by atoms with Gasteiger partial charge in [0.2, 0.25) is 5.91 Å². The SMILES string of the molecule is CSCC[C@@H](N)C(=O)N(C)CC1CCN(C)CC1. The Balaban J connectivity index is 2.30. The van der Waals surface area contributed by atoms with E-state index in [0.717, 1.165) is 31.8 Å². The largest absolute Gasteiger partial charge is 0.344 e. The van der Waals surface area contributed by atoms with E-state index in [0.29, 0.717) is 5.92 Å². The lowest BCUT2D eigenvalue weighted by atomic mass is 9.96. The van der Waals surface area contributed by atoms with Gasteiger partial charge in [0.25, 0.3) is 0 Å². The van der Waals surface area contributed by atoms with Gasteiger partial charge in [0.1, 0.15) is 0 Å². The number of piperidine rings is 1. The molecule has 0 bridgehead atoms. The molecule has 106 valence electrons. The molecule has 0 radical (unpaired) electrons. The number of rotatable bonds is 6. The third-order valence-electron chi connectivity index (χ3n) is 3.70. The van der Waals surface area contributed by atoms with Crippen LogP contribution in [-0.4, -0.2) is 67.5 Å². The monoisotopic (exact) mass is 273 g/mol. The van der Waals surface area contributed by atoms with Crippen LogP contribution in [0.2, 0.25) is 0 Å². The molecule has 1 heterocycles. The van der Waals surface area contributed by atoms with E-state index in [2.05, 4.69) is 11.9 Å². The van der Waals surface area contributed by atoms with Gasteiger partial charge in [0.05, 0.1) is 6.04 Å². The minimum atomic E-state index is -0.325. The first-order valence-electron chi connectivity index (χ1n) is 6.72. The van der Waals surface area contributed by atoms with Crippen LogP contribution < -0.4 is 5.73 Å². The van der Waals surface area contributed by atoms with Crippen molar-refractivity contribution in [2.75, 3.05) is 45.7 Å². The van der Waals surface area contributed by atoms with Crippen LogP contribution in [0, 0.1) is 5.92 Å². The number of likely N-dealkylation sites (N-methyl/N-ethyl adjacent to an activating group) is 1. The summed E-state index contributed by atoms with van der Waals surface area (Å²) < 4.78 is 0. The van der Waals surface area contributed by atoms with E-state index in [1.807, 2.05) is 18.2 Å². The number of amides is 1. The average Bonchev–Trinajstić information content (AvgIpc) is 2.37. The Bertz CT molecular complexity index is 255. The second kappa shape index (κ2) is 8.02. The maximum absolute atomic E-state index is 12.1. The van der Waals surface area contributed by atoms with Crippen molar-refractivity contribution >= 4 is 17.7 Å². The van der Waals surface area contributed by atoms with Gasteiger partial charge in [-0.2, -0.15) is 11.8 Å². The van der Waals surface area contributed by atoms with Crippen molar-refractivity contribution in [3.8, 4) is 0 Å². The van der Waals surface area contributed by atoms with Crippen LogP contribution in [0.1, 0.15) is 19.3 Å². The molecule has 1 saturated heterocycles. The summed E-state index contributed by atoms with van der Waals surface area (Å²) >= 11 is 1.74. The Morgan fingerprint density at radius 3 is 2.67 bits per heavy atom. The maximum Gasteiger partial charge on any atom is 0.239 e. The number of hydrogen-bond acceptors (Lipinski definition) is 4. The van der Waals surface area contributed by atoms with Gasteiger partial charge in [0.15, 0.2) is 0 Å². The summed E-state index contributed by atoms with van der Waals surface area (Å²) in [6, 6.07) is -0.325. The van der Waals surface area contributed by atoms with E-state index in [-0.39, 0.29) is 11.9 Å². The third-order valence-corrected chi connectivity index (χ3v) is 4.34. The molecule has 1 atom stereocenters. The number of nitrogens with two attached hydrogens (primary N) is 1. The Kier molecular flexibility index (Phi) is 7.04. The first-order chi connectivity index (χ1) is 8.54. The third kappa shape index (κ3) is 5.16. The van der Waals surface area contributed by atoms with Crippen LogP contribution in [-0.2, 0) is 4.79 Å². The van der Waals surface area contributed by atoms with Gasteiger partial charge in [-0.15, -0.1) is 0 Å². The predicted octanol–water partition coefficient (Wildman–Crippen LogP) is 0.867. The quantitative estimate of drug-likeness (QED) is 0.780. The van der Waals surface area contributed by atoms with E-state index in [1.165, 1.54) is 12.8 Å². The fraction of sp³-hybridized carbons (Fsp3) is 0.923. The smallest absolute Gasteiger partial charge is 0.239 e. The van der Waals surface area contributed by atoms with Crippen molar-refractivity contribution in [1.29, 1.82) is 0 Å². The molecule has 2 N–H and O–H groups in total. The molecule has 1 amide bonds. The average molecular weight is 273 g/mol. The van der Waals surface area contributed by atoms with E-state index < -0.39 is 0 Å². The van der Waals surface area contributed by atoms with Crippen molar-refractivity contribution in [1.82, 2.24) is 9.80 Å². The lowest BCUT2D eigenvalue weighted by molar-refractivity contribution is -0.132. The van der Waals surface area contributed by atoms with Crippen LogP contribution in [0.3, 0.4) is 0 Å². The zero-order valence-corrected chi connectivity index (χ0v) is 12.7. The van der Waals surface area contributed by atoms with E-state index in [9.17, 15) is 4.79 Å². The minimum Gasteiger partial charge on any atom is -0.344 e. The van der Waals surface area contributed by atoms with E-state index >= 15 is 0 Å². The summed E-state index contributed by atoms with van der Waals surface area (Å²) in [4.78, 5) is 16.3. The van der Waals surface area contributed by atoms with Crippen molar-refractivity contribution in [3.05, 3.63) is 0 Å². The molecular formula is C13H27N3OS. The Labute approximate surface area is 115 Å². The van der Waals surface area contributed by atoms with Gasteiger partial charge in [0, 0.05) is 13.6 Å². The molecule has 1 aliphatic rings. The highest BCUT2D eigenvalue weighted by atomic mass is 32.2. The number of likely N-dealkylation sites (tertiary alicyclic amines) is 1. The summed E-state index contributed by atoms with van der Waals surface area (Å²) in [6.07, 6.45) is 5.19. The lowest BCUT2D eigenvalue weighted by Crippen LogP contribution is -2.45. The predicted molar refractivity (Wildman–Crippen MR) is 78.8 cm³/mol. The van der Waals surface area contributed by atoms with Gasteiger partial charge in [-0.1, -0.05) is 0 Å². The minimum absolute atomic E-state index is 0.1000. The summed E-state index contributed by atoms with van der Waals surface area (Å²) in [5.41, 5.74) is 5.92. The highest BCUT2D eigenvalue weighted by molar-refractivity contribution is 7.98. The van der Waals surface area contributed by atoms with Gasteiger partial charge in [-0.25, -0.2) is 0 Å². The van der Waals surface area contributed by atoms with E-state index in [1.54, 1.807) is 11.8 Å². The Morgan fingerprint density at radius 2 is 2.11 bits per heavy atom. The topological polar surface area (TPSA) is 49.6 Å². The van der Waals surface area contributed by atoms with Crippen molar-refractivity contribution < 1.29 is 4.79 Å². The summed E-state index contributed by atoms with van der Waals surface area (Å²) in [5.74, 6) is 1.69. The molecule has 1 aliphatic heterocycles. The highest BCUT2D eigenvalue weighted by Crippen LogP contribution is 2.17. The standard InChI is InChI=1S/C13H27N3OS/c1-15-7-4-11(5-8-15)10-16(2)13(17)12(14)6-9-18-3/h11-12H,4-10,14H2,1-3H3/t12-/m1/s1. The number of thioether (sulfide) groups is 1. The van der Waals surface area contributed by atoms with Crippen LogP contribution in [0.4, 0.5) is 0 Å². The van der Waals surface area contributed by atoms with E-state index in [4.69, 9.17) is 5.73 Å². The lowest BCUT2D eigenvalue weighted by Gasteiger charge is -2.32. The van der Waals surface area contributed by atoms with Crippen LogP contribution in [0.15, 0.2) is 0 Å². The molecule has 4 nitrogen and oxygen atoms in total. The molecule has 0 aromatic rings. The zero-order valence-electron chi connectivity index (χ0n) is 11.9. The fourth-order valence-corrected chi connectivity index (χ4v) is 2.86. The summed E-state index contributed by atoms with van der Waals surface area (Å²) in [7, 11) is 4.04. The highest BCUT2D eigenvalue weighted by Gasteiger charge is 2.23. The normalized spacial score (nSPS) is 19.8. The van der Waals surface area contributed by atoms with Gasteiger partial charge in [-0.3, -0.25) is 4.79 Å². The molecule has 1 rings (SSSR count). The number of carbonyl (C=O) groups excluding carboxylic acids is 1. The summed E-state index contributed by atoms with van der Waals surface area (Å²) in [5, 5.41) is 0. The molecular weight excluding hydrogens is 246 g/mol. The molecule has 1 fully saturated rings. The molecule has 5 heteroatoms. The van der Waals surface area contributed by atoms with Crippen molar-refractivity contribution in [3.63, 3.8) is 0 Å². The fourth-order valence-electron chi connectivity index (χ4n) is 2.37. The Hall–Kier alpha value is -0.260. The second-order valence-electron chi connectivity index (χ2n) is 5.35. The molecule has 0 saturated carbocycles. The maximum atomic E-state index is 12.1. The molecule has 0 unspecified atom stereocenters. The van der Waals surface area contributed by atoms with Crippen LogP contribution in [0.25, 0.3) is 0 Å². The molecule has 0 spiro atoms. The number of carbonyl (C=O) groups is 1. The number of hydrogen-bond donors (Lipinski definition) is 1. The van der Waals surface area contributed by atoms with Crippen LogP contribution >= 0.6 is 11.8 Å². The molecule has 0 aromatic heterocycles. The molecule has 0 aliphatic carbocycles. The van der Waals surface area contributed by atoms with Crippen molar-refractivity contribution in [2.24, 2.45) is 11.7 Å². The van der Waals surface area contributed by atoms with Gasteiger partial charge in [-0.05, 0) is 57.3 Å². The molecule has 0 aromatic carbocycles. The van der Waals surface area contributed by atoms with Crippen LogP contribution in [0.5, 0.6) is 0 Å². The Morgan fingerprint density at radius 1 is 1.50 bits per heavy atom. The first-order valence-corrected chi connectivity index (χ1v) is 8.12. The zero-order chi connectivity index (χ0) is 13.5. The second-order valence-corrected chi connectivity index (χ2v) is 6.34. The van der Waals surface area contributed by atoms with Gasteiger partial charge >= 0.3 is 0 Å². The summed E-state index contributed by atoms with van der Waals surface area (Å²) in [6.45, 7) is 3.15. The first kappa shape index (κ1) is 15.8. The van der Waals surface area contributed by atoms with Crippen molar-refractivity contribution in [2.45, 2.75) is 25.3 Å². The van der Waals surface area contributed by atoms with Gasteiger partial charge < -0.3 is 15.5 Å². The number of nitrogens with zero attached hydrogens (tertiary/aromatic N) is 2. The molecule has 18 heavy (non-hydrogen) atoms.